The quantitative estimate of drug-likeness (QED) is 0.714. The summed E-state index contributed by atoms with van der Waals surface area (Å²) in [7, 11) is 1.35. The molecule has 1 aromatic carbocycles. The number of methoxy groups -OCH3 is 1. The second kappa shape index (κ2) is 5.29. The van der Waals surface area contributed by atoms with E-state index in [1.54, 1.807) is 18.2 Å². The van der Waals surface area contributed by atoms with Crippen LogP contribution in [0, 0.1) is 12.7 Å². The van der Waals surface area contributed by atoms with Crippen molar-refractivity contribution in [3.63, 3.8) is 0 Å². The van der Waals surface area contributed by atoms with Crippen molar-refractivity contribution in [3.05, 3.63) is 41.2 Å². The highest BCUT2D eigenvalue weighted by atomic mass is 19.1. The van der Waals surface area contributed by atoms with Gasteiger partial charge in [-0.05, 0) is 30.2 Å². The van der Waals surface area contributed by atoms with Gasteiger partial charge in [0.2, 0.25) is 0 Å². The molecule has 0 spiro atoms. The summed E-state index contributed by atoms with van der Waals surface area (Å²) in [6.07, 6.45) is 3.71. The van der Waals surface area contributed by atoms with E-state index >= 15 is 0 Å². The van der Waals surface area contributed by atoms with Crippen molar-refractivity contribution in [1.82, 2.24) is 0 Å². The lowest BCUT2D eigenvalue weighted by molar-refractivity contribution is -0.139. The van der Waals surface area contributed by atoms with Crippen LogP contribution in [0.1, 0.15) is 17.5 Å². The van der Waals surface area contributed by atoms with Crippen LogP contribution in [0.3, 0.4) is 0 Å². The number of rotatable bonds is 3. The van der Waals surface area contributed by atoms with Crippen LogP contribution in [0.15, 0.2) is 24.3 Å². The van der Waals surface area contributed by atoms with Crippen molar-refractivity contribution in [2.45, 2.75) is 13.3 Å². The van der Waals surface area contributed by atoms with E-state index in [1.165, 1.54) is 19.2 Å². The van der Waals surface area contributed by atoms with Crippen molar-refractivity contribution >= 4 is 12.0 Å². The summed E-state index contributed by atoms with van der Waals surface area (Å²) in [5, 5.41) is 0. The molecule has 0 aliphatic heterocycles. The summed E-state index contributed by atoms with van der Waals surface area (Å²) in [6.45, 7) is 1.82. The fourth-order valence-corrected chi connectivity index (χ4v) is 1.19. The van der Waals surface area contributed by atoms with Gasteiger partial charge in [0.1, 0.15) is 5.82 Å². The van der Waals surface area contributed by atoms with Gasteiger partial charge in [0, 0.05) is 0 Å². The average Bonchev–Trinajstić information content (AvgIpc) is 2.21. The molecular weight excluding hydrogens is 195 g/mol. The zero-order chi connectivity index (χ0) is 11.3. The molecule has 0 radical (unpaired) electrons. The third kappa shape index (κ3) is 3.54. The molecule has 15 heavy (non-hydrogen) atoms. The van der Waals surface area contributed by atoms with Gasteiger partial charge in [-0.25, -0.2) is 4.39 Å². The van der Waals surface area contributed by atoms with Crippen LogP contribution in [0.5, 0.6) is 0 Å². The third-order valence-electron chi connectivity index (χ3n) is 2.04. The third-order valence-corrected chi connectivity index (χ3v) is 2.04. The van der Waals surface area contributed by atoms with Crippen LogP contribution >= 0.6 is 0 Å². The second-order valence-electron chi connectivity index (χ2n) is 3.18. The Kier molecular flexibility index (Phi) is 4.03. The lowest BCUT2D eigenvalue weighted by atomic mass is 10.1. The number of hydrogen-bond donors (Lipinski definition) is 0. The smallest absolute Gasteiger partial charge is 0.309 e. The molecule has 0 fully saturated rings. The second-order valence-corrected chi connectivity index (χ2v) is 3.18. The first kappa shape index (κ1) is 11.4. The minimum Gasteiger partial charge on any atom is -0.469 e. The van der Waals surface area contributed by atoms with Crippen LogP contribution in [0.4, 0.5) is 4.39 Å². The molecule has 1 rings (SSSR count). The van der Waals surface area contributed by atoms with Crippen LogP contribution in [0.2, 0.25) is 0 Å². The predicted octanol–water partition coefficient (Wildman–Crippen LogP) is 2.71. The van der Waals surface area contributed by atoms with E-state index in [0.717, 1.165) is 11.1 Å². The molecule has 80 valence electrons. The number of benzene rings is 1. The highest BCUT2D eigenvalue weighted by Gasteiger charge is 1.97. The molecule has 0 saturated carbocycles. The van der Waals surface area contributed by atoms with Crippen molar-refractivity contribution in [3.8, 4) is 0 Å². The van der Waals surface area contributed by atoms with Gasteiger partial charge in [-0.1, -0.05) is 18.2 Å². The molecule has 0 unspecified atom stereocenters. The fraction of sp³-hybridized carbons (Fsp3) is 0.250. The first-order valence-electron chi connectivity index (χ1n) is 4.63. The van der Waals surface area contributed by atoms with Crippen molar-refractivity contribution in [1.29, 1.82) is 0 Å². The lowest BCUT2D eigenvalue weighted by Gasteiger charge is -1.99. The number of hydrogen-bond acceptors (Lipinski definition) is 2. The van der Waals surface area contributed by atoms with Gasteiger partial charge >= 0.3 is 5.97 Å². The van der Waals surface area contributed by atoms with Crippen molar-refractivity contribution in [2.24, 2.45) is 0 Å². The van der Waals surface area contributed by atoms with E-state index in [4.69, 9.17) is 0 Å². The van der Waals surface area contributed by atoms with Gasteiger partial charge in [0.15, 0.2) is 0 Å². The van der Waals surface area contributed by atoms with Gasteiger partial charge in [-0.15, -0.1) is 0 Å². The summed E-state index contributed by atoms with van der Waals surface area (Å²) in [6, 6.07) is 4.53. The van der Waals surface area contributed by atoms with E-state index in [-0.39, 0.29) is 18.2 Å². The van der Waals surface area contributed by atoms with E-state index in [1.807, 2.05) is 6.92 Å². The molecule has 0 amide bonds. The summed E-state index contributed by atoms with van der Waals surface area (Å²) in [5.41, 5.74) is 1.75. The van der Waals surface area contributed by atoms with Crippen LogP contribution in [0.25, 0.3) is 6.08 Å². The molecule has 1 aromatic rings. The minimum atomic E-state index is -0.286. The Morgan fingerprint density at radius 2 is 2.27 bits per heavy atom. The zero-order valence-electron chi connectivity index (χ0n) is 8.79. The van der Waals surface area contributed by atoms with Gasteiger partial charge in [0.05, 0.1) is 13.5 Å². The van der Waals surface area contributed by atoms with Crippen LogP contribution < -0.4 is 0 Å². The maximum Gasteiger partial charge on any atom is 0.309 e. The van der Waals surface area contributed by atoms with E-state index < -0.39 is 0 Å². The number of halogens is 1. The molecule has 0 atom stereocenters. The lowest BCUT2D eigenvalue weighted by Crippen LogP contribution is -1.96. The molecular formula is C12H13FO2. The van der Waals surface area contributed by atoms with E-state index in [0.29, 0.717) is 0 Å². The van der Waals surface area contributed by atoms with Crippen LogP contribution in [-0.4, -0.2) is 13.1 Å². The summed E-state index contributed by atoms with van der Waals surface area (Å²) in [4.78, 5) is 10.8. The Bertz CT molecular complexity index is 383. The summed E-state index contributed by atoms with van der Waals surface area (Å²) >= 11 is 0. The molecule has 3 heteroatoms. The molecule has 0 heterocycles. The first-order chi connectivity index (χ1) is 7.13. The largest absolute Gasteiger partial charge is 0.469 e. The molecule has 0 N–H and O–H groups in total. The van der Waals surface area contributed by atoms with E-state index in [9.17, 15) is 9.18 Å². The van der Waals surface area contributed by atoms with Crippen molar-refractivity contribution < 1.29 is 13.9 Å². The molecule has 0 aromatic heterocycles. The fourth-order valence-electron chi connectivity index (χ4n) is 1.19. The van der Waals surface area contributed by atoms with Crippen LogP contribution in [-0.2, 0) is 9.53 Å². The van der Waals surface area contributed by atoms with Gasteiger partial charge in [0.25, 0.3) is 0 Å². The number of ether oxygens (including phenoxy) is 1. The standard InChI is InChI=1S/C12H13FO2/c1-9-8-11(13)7-6-10(9)4-3-5-12(14)15-2/h3-4,6-8H,5H2,1-2H3. The Morgan fingerprint density at radius 1 is 1.53 bits per heavy atom. The predicted molar refractivity (Wildman–Crippen MR) is 56.8 cm³/mol. The first-order valence-corrected chi connectivity index (χ1v) is 4.63. The number of carbonyl (C=O) groups excluding carboxylic acids is 1. The number of esters is 1. The Morgan fingerprint density at radius 3 is 2.87 bits per heavy atom. The number of carbonyl (C=O) groups is 1. The van der Waals surface area contributed by atoms with E-state index in [2.05, 4.69) is 4.74 Å². The summed E-state index contributed by atoms with van der Waals surface area (Å²) < 4.78 is 17.2. The normalized spacial score (nSPS) is 10.6. The Hall–Kier alpha value is -1.64. The maximum atomic E-state index is 12.8. The molecule has 0 saturated heterocycles. The molecule has 0 aliphatic rings. The van der Waals surface area contributed by atoms with Gasteiger partial charge in [-0.2, -0.15) is 0 Å². The summed E-state index contributed by atoms with van der Waals surface area (Å²) in [5.74, 6) is -0.538. The van der Waals surface area contributed by atoms with Gasteiger partial charge in [-0.3, -0.25) is 4.79 Å². The number of aryl methyl sites for hydroxylation is 1. The SMILES string of the molecule is COC(=O)CC=Cc1ccc(F)cc1C. The topological polar surface area (TPSA) is 26.3 Å². The molecule has 0 aliphatic carbocycles. The highest BCUT2D eigenvalue weighted by molar-refractivity contribution is 5.72. The Labute approximate surface area is 88.4 Å². The molecule has 0 bridgehead atoms. The minimum absolute atomic E-state index is 0.229. The highest BCUT2D eigenvalue weighted by Crippen LogP contribution is 2.12. The Balaban J connectivity index is 2.68. The van der Waals surface area contributed by atoms with Crippen molar-refractivity contribution in [2.75, 3.05) is 7.11 Å². The monoisotopic (exact) mass is 208 g/mol. The average molecular weight is 208 g/mol. The maximum absolute atomic E-state index is 12.8. The zero-order valence-corrected chi connectivity index (χ0v) is 8.79. The van der Waals surface area contributed by atoms with Gasteiger partial charge < -0.3 is 4.74 Å². The molecule has 2 nitrogen and oxygen atoms in total.